The van der Waals surface area contributed by atoms with Gasteiger partial charge in [0.05, 0.1) is 7.11 Å². The number of hydrogen-bond acceptors (Lipinski definition) is 3. The molecule has 1 N–H and O–H groups in total. The van der Waals surface area contributed by atoms with Gasteiger partial charge in [0.2, 0.25) is 0 Å². The maximum absolute atomic E-state index is 12.8. The number of hydrogen-bond donors (Lipinski definition) is 1. The molecule has 88 valence electrons. The van der Waals surface area contributed by atoms with Gasteiger partial charge in [-0.15, -0.1) is 0 Å². The van der Waals surface area contributed by atoms with Gasteiger partial charge >= 0.3 is 5.97 Å². The second kappa shape index (κ2) is 4.37. The standard InChI is InChI=1S/C12H11FN2O2/c1-7-10(12(16)17-2)15-11(14-7)8-3-5-9(13)6-4-8/h3-6H,1-2H3,(H,14,15). The number of halogens is 1. The van der Waals surface area contributed by atoms with Crippen molar-refractivity contribution in [1.82, 2.24) is 9.97 Å². The van der Waals surface area contributed by atoms with Crippen molar-refractivity contribution >= 4 is 5.97 Å². The summed E-state index contributed by atoms with van der Waals surface area (Å²) in [5.74, 6) is -0.291. The number of H-pyrrole nitrogens is 1. The predicted octanol–water partition coefficient (Wildman–Crippen LogP) is 2.31. The van der Waals surface area contributed by atoms with Crippen molar-refractivity contribution in [2.75, 3.05) is 7.11 Å². The van der Waals surface area contributed by atoms with Crippen molar-refractivity contribution in [2.45, 2.75) is 6.92 Å². The second-order valence-electron chi connectivity index (χ2n) is 3.56. The largest absolute Gasteiger partial charge is 0.464 e. The van der Waals surface area contributed by atoms with Crippen LogP contribution in [-0.4, -0.2) is 23.0 Å². The molecule has 2 aromatic rings. The van der Waals surface area contributed by atoms with E-state index in [0.717, 1.165) is 0 Å². The van der Waals surface area contributed by atoms with Crippen LogP contribution in [0.2, 0.25) is 0 Å². The van der Waals surface area contributed by atoms with Gasteiger partial charge in [0.25, 0.3) is 0 Å². The van der Waals surface area contributed by atoms with Crippen LogP contribution in [-0.2, 0) is 4.74 Å². The Balaban J connectivity index is 2.41. The predicted molar refractivity (Wildman–Crippen MR) is 60.1 cm³/mol. The van der Waals surface area contributed by atoms with Gasteiger partial charge in [0.1, 0.15) is 11.6 Å². The van der Waals surface area contributed by atoms with Crippen molar-refractivity contribution in [2.24, 2.45) is 0 Å². The molecule has 0 unspecified atom stereocenters. The molecule has 0 aliphatic carbocycles. The Morgan fingerprint density at radius 2 is 2.00 bits per heavy atom. The molecule has 1 aromatic heterocycles. The number of benzene rings is 1. The van der Waals surface area contributed by atoms with Crippen LogP contribution < -0.4 is 0 Å². The van der Waals surface area contributed by atoms with Crippen LogP contribution in [0.25, 0.3) is 11.4 Å². The number of carbonyl (C=O) groups excluding carboxylic acids is 1. The van der Waals surface area contributed by atoms with Gasteiger partial charge in [-0.05, 0) is 31.2 Å². The zero-order valence-electron chi connectivity index (χ0n) is 9.45. The first kappa shape index (κ1) is 11.3. The van der Waals surface area contributed by atoms with Crippen molar-refractivity contribution in [3.8, 4) is 11.4 Å². The molecule has 0 amide bonds. The average molecular weight is 234 g/mol. The molecule has 0 bridgehead atoms. The summed E-state index contributed by atoms with van der Waals surface area (Å²) in [7, 11) is 1.30. The van der Waals surface area contributed by atoms with E-state index in [4.69, 9.17) is 0 Å². The lowest BCUT2D eigenvalue weighted by molar-refractivity contribution is 0.0594. The molecule has 0 aliphatic rings. The average Bonchev–Trinajstić information content (AvgIpc) is 2.71. The molecule has 17 heavy (non-hydrogen) atoms. The molecule has 1 heterocycles. The summed E-state index contributed by atoms with van der Waals surface area (Å²) in [6, 6.07) is 5.86. The molecule has 0 saturated carbocycles. The Morgan fingerprint density at radius 3 is 2.59 bits per heavy atom. The SMILES string of the molecule is COC(=O)c1nc(-c2ccc(F)cc2)[nH]c1C. The van der Waals surface area contributed by atoms with Crippen LogP contribution in [0.3, 0.4) is 0 Å². The molecular weight excluding hydrogens is 223 g/mol. The smallest absolute Gasteiger partial charge is 0.358 e. The molecule has 0 atom stereocenters. The minimum atomic E-state index is -0.493. The maximum atomic E-state index is 12.8. The van der Waals surface area contributed by atoms with E-state index in [2.05, 4.69) is 14.7 Å². The number of ether oxygens (including phenoxy) is 1. The van der Waals surface area contributed by atoms with Crippen molar-refractivity contribution in [1.29, 1.82) is 0 Å². The molecule has 0 fully saturated rings. The molecule has 5 heteroatoms. The van der Waals surface area contributed by atoms with E-state index < -0.39 is 5.97 Å². The van der Waals surface area contributed by atoms with Crippen molar-refractivity contribution < 1.29 is 13.9 Å². The Kier molecular flexibility index (Phi) is 2.91. The first-order valence-electron chi connectivity index (χ1n) is 5.02. The number of aromatic nitrogens is 2. The van der Waals surface area contributed by atoms with Crippen LogP contribution >= 0.6 is 0 Å². The Morgan fingerprint density at radius 1 is 1.35 bits per heavy atom. The Hall–Kier alpha value is -2.17. The molecule has 0 aliphatic heterocycles. The maximum Gasteiger partial charge on any atom is 0.358 e. The number of rotatable bonds is 2. The minimum absolute atomic E-state index is 0.242. The van der Waals surface area contributed by atoms with E-state index in [0.29, 0.717) is 17.1 Å². The summed E-state index contributed by atoms with van der Waals surface area (Å²) in [4.78, 5) is 18.5. The first-order chi connectivity index (χ1) is 8.11. The summed E-state index contributed by atoms with van der Waals surface area (Å²) in [6.07, 6.45) is 0. The number of carbonyl (C=O) groups is 1. The number of nitrogens with one attached hydrogen (secondary N) is 1. The van der Waals surface area contributed by atoms with Gasteiger partial charge in [-0.3, -0.25) is 0 Å². The van der Waals surface area contributed by atoms with Crippen LogP contribution in [0.5, 0.6) is 0 Å². The van der Waals surface area contributed by atoms with Gasteiger partial charge < -0.3 is 9.72 Å². The van der Waals surface area contributed by atoms with Crippen LogP contribution in [0, 0.1) is 12.7 Å². The summed E-state index contributed by atoms with van der Waals surface area (Å²) < 4.78 is 17.4. The van der Waals surface area contributed by atoms with E-state index in [1.807, 2.05) is 0 Å². The minimum Gasteiger partial charge on any atom is -0.464 e. The number of aryl methyl sites for hydroxylation is 1. The fourth-order valence-electron chi connectivity index (χ4n) is 1.50. The molecule has 4 nitrogen and oxygen atoms in total. The fraction of sp³-hybridized carbons (Fsp3) is 0.167. The molecule has 0 saturated heterocycles. The zero-order chi connectivity index (χ0) is 12.4. The van der Waals surface area contributed by atoms with E-state index in [-0.39, 0.29) is 11.5 Å². The normalized spacial score (nSPS) is 10.3. The lowest BCUT2D eigenvalue weighted by Crippen LogP contribution is -2.03. The van der Waals surface area contributed by atoms with Crippen LogP contribution in [0.15, 0.2) is 24.3 Å². The lowest BCUT2D eigenvalue weighted by Gasteiger charge is -1.95. The third-order valence-electron chi connectivity index (χ3n) is 2.38. The highest BCUT2D eigenvalue weighted by Crippen LogP contribution is 2.18. The van der Waals surface area contributed by atoms with Gasteiger partial charge in [-0.25, -0.2) is 14.2 Å². The summed E-state index contributed by atoms with van der Waals surface area (Å²) >= 11 is 0. The van der Waals surface area contributed by atoms with E-state index in [9.17, 15) is 9.18 Å². The third-order valence-corrected chi connectivity index (χ3v) is 2.38. The number of esters is 1. The third kappa shape index (κ3) is 2.18. The molecule has 2 rings (SSSR count). The Bertz CT molecular complexity index is 546. The zero-order valence-corrected chi connectivity index (χ0v) is 9.45. The number of nitrogens with zero attached hydrogens (tertiary/aromatic N) is 1. The molecule has 0 radical (unpaired) electrons. The first-order valence-corrected chi connectivity index (χ1v) is 5.02. The summed E-state index contributed by atoms with van der Waals surface area (Å²) in [5, 5.41) is 0. The lowest BCUT2D eigenvalue weighted by atomic mass is 10.2. The highest BCUT2D eigenvalue weighted by Gasteiger charge is 2.15. The monoisotopic (exact) mass is 234 g/mol. The highest BCUT2D eigenvalue weighted by molar-refractivity contribution is 5.89. The molecule has 1 aromatic carbocycles. The summed E-state index contributed by atoms with van der Waals surface area (Å²) in [5.41, 5.74) is 1.58. The van der Waals surface area contributed by atoms with Gasteiger partial charge in [-0.2, -0.15) is 0 Å². The Labute approximate surface area is 97.5 Å². The van der Waals surface area contributed by atoms with Crippen LogP contribution in [0.1, 0.15) is 16.2 Å². The van der Waals surface area contributed by atoms with Gasteiger partial charge in [-0.1, -0.05) is 0 Å². The number of imidazole rings is 1. The quantitative estimate of drug-likeness (QED) is 0.811. The molecular formula is C12H11FN2O2. The van der Waals surface area contributed by atoms with Crippen LogP contribution in [0.4, 0.5) is 4.39 Å². The van der Waals surface area contributed by atoms with Crippen molar-refractivity contribution in [3.05, 3.63) is 41.5 Å². The van der Waals surface area contributed by atoms with E-state index in [1.54, 1.807) is 19.1 Å². The van der Waals surface area contributed by atoms with E-state index >= 15 is 0 Å². The number of aromatic amines is 1. The topological polar surface area (TPSA) is 55.0 Å². The highest BCUT2D eigenvalue weighted by atomic mass is 19.1. The van der Waals surface area contributed by atoms with E-state index in [1.165, 1.54) is 19.2 Å². The number of methoxy groups -OCH3 is 1. The fourth-order valence-corrected chi connectivity index (χ4v) is 1.50. The summed E-state index contributed by atoms with van der Waals surface area (Å²) in [6.45, 7) is 1.73. The second-order valence-corrected chi connectivity index (χ2v) is 3.56. The van der Waals surface area contributed by atoms with Gasteiger partial charge in [0, 0.05) is 11.3 Å². The van der Waals surface area contributed by atoms with Crippen molar-refractivity contribution in [3.63, 3.8) is 0 Å². The molecule has 0 spiro atoms. The van der Waals surface area contributed by atoms with Gasteiger partial charge in [0.15, 0.2) is 5.69 Å².